The zero-order valence-electron chi connectivity index (χ0n) is 12.3. The first-order valence-corrected chi connectivity index (χ1v) is 6.72. The number of rotatable bonds is 6. The smallest absolute Gasteiger partial charge is 0.246 e. The summed E-state index contributed by atoms with van der Waals surface area (Å²) in [5.41, 5.74) is 2.00. The number of benzene rings is 1. The van der Waals surface area contributed by atoms with E-state index in [9.17, 15) is 4.79 Å². The van der Waals surface area contributed by atoms with Gasteiger partial charge in [0.05, 0.1) is 6.04 Å². The minimum atomic E-state index is 0.0182. The third kappa shape index (κ3) is 4.87. The quantitative estimate of drug-likeness (QED) is 0.798. The first-order chi connectivity index (χ1) is 9.06. The lowest BCUT2D eigenvalue weighted by molar-refractivity contribution is -0.117. The van der Waals surface area contributed by atoms with Crippen molar-refractivity contribution in [2.45, 2.75) is 26.3 Å². The molecule has 1 aromatic carbocycles. The van der Waals surface area contributed by atoms with Gasteiger partial charge in [-0.1, -0.05) is 43.3 Å². The van der Waals surface area contributed by atoms with Gasteiger partial charge >= 0.3 is 0 Å². The highest BCUT2D eigenvalue weighted by Gasteiger charge is 2.15. The zero-order chi connectivity index (χ0) is 14.3. The van der Waals surface area contributed by atoms with Crippen molar-refractivity contribution >= 4 is 5.91 Å². The average molecular weight is 260 g/mol. The van der Waals surface area contributed by atoms with Crippen LogP contribution in [0.1, 0.15) is 31.9 Å². The third-order valence-corrected chi connectivity index (χ3v) is 3.13. The molecule has 0 bridgehead atoms. The van der Waals surface area contributed by atoms with Crippen molar-refractivity contribution in [3.8, 4) is 0 Å². The van der Waals surface area contributed by atoms with Crippen LogP contribution in [0.2, 0.25) is 0 Å². The maximum absolute atomic E-state index is 11.9. The van der Waals surface area contributed by atoms with Crippen LogP contribution < -0.4 is 5.32 Å². The van der Waals surface area contributed by atoms with Crippen LogP contribution in [0.25, 0.3) is 0 Å². The Labute approximate surface area is 116 Å². The van der Waals surface area contributed by atoms with E-state index in [0.29, 0.717) is 6.54 Å². The molecule has 3 nitrogen and oxygen atoms in total. The molecule has 0 aromatic heterocycles. The van der Waals surface area contributed by atoms with Gasteiger partial charge in [-0.05, 0) is 33.0 Å². The molecule has 1 unspecified atom stereocenters. The number of hydrogen-bond donors (Lipinski definition) is 1. The predicted molar refractivity (Wildman–Crippen MR) is 79.9 cm³/mol. The Bertz CT molecular complexity index is 424. The Morgan fingerprint density at radius 1 is 1.32 bits per heavy atom. The van der Waals surface area contributed by atoms with Crippen molar-refractivity contribution in [3.05, 3.63) is 47.5 Å². The van der Waals surface area contributed by atoms with Gasteiger partial charge < -0.3 is 10.2 Å². The van der Waals surface area contributed by atoms with Gasteiger partial charge in [0.15, 0.2) is 0 Å². The van der Waals surface area contributed by atoms with E-state index in [-0.39, 0.29) is 11.9 Å². The molecular weight excluding hydrogens is 236 g/mol. The number of nitrogens with zero attached hydrogens (tertiary/aromatic N) is 1. The molecule has 1 aromatic rings. The molecule has 1 amide bonds. The molecule has 0 saturated heterocycles. The number of likely N-dealkylation sites (N-methyl/N-ethyl adjacent to an activating group) is 1. The molecule has 0 aliphatic heterocycles. The van der Waals surface area contributed by atoms with Crippen LogP contribution in [0.3, 0.4) is 0 Å². The fourth-order valence-corrected chi connectivity index (χ4v) is 2.00. The van der Waals surface area contributed by atoms with Gasteiger partial charge in [-0.15, -0.1) is 0 Å². The lowest BCUT2D eigenvalue weighted by Crippen LogP contribution is -2.34. The molecule has 0 heterocycles. The highest BCUT2D eigenvalue weighted by Crippen LogP contribution is 2.16. The number of allylic oxidation sites excluding steroid dienone is 1. The predicted octanol–water partition coefficient (Wildman–Crippen LogP) is 2.76. The molecule has 0 spiro atoms. The lowest BCUT2D eigenvalue weighted by atomic mass is 10.1. The zero-order valence-corrected chi connectivity index (χ0v) is 12.3. The Morgan fingerprint density at radius 3 is 2.47 bits per heavy atom. The topological polar surface area (TPSA) is 32.3 Å². The largest absolute Gasteiger partial charge is 0.350 e. The first kappa shape index (κ1) is 15.4. The maximum atomic E-state index is 11.9. The normalized spacial score (nSPS) is 13.4. The number of amides is 1. The van der Waals surface area contributed by atoms with Gasteiger partial charge in [0.2, 0.25) is 5.91 Å². The number of carbonyl (C=O) groups is 1. The molecule has 3 heteroatoms. The summed E-state index contributed by atoms with van der Waals surface area (Å²) in [5, 5.41) is 3.00. The molecule has 1 atom stereocenters. The van der Waals surface area contributed by atoms with Crippen molar-refractivity contribution in [3.63, 3.8) is 0 Å². The van der Waals surface area contributed by atoms with E-state index in [1.165, 1.54) is 5.56 Å². The molecule has 0 aliphatic carbocycles. The molecule has 0 aliphatic rings. The van der Waals surface area contributed by atoms with Gasteiger partial charge in [0.25, 0.3) is 0 Å². The monoisotopic (exact) mass is 260 g/mol. The molecule has 104 valence electrons. The molecule has 19 heavy (non-hydrogen) atoms. The number of hydrogen-bond acceptors (Lipinski definition) is 2. The summed E-state index contributed by atoms with van der Waals surface area (Å²) in [6.07, 6.45) is 2.83. The van der Waals surface area contributed by atoms with Crippen LogP contribution in [-0.2, 0) is 4.79 Å². The highest BCUT2D eigenvalue weighted by molar-refractivity contribution is 5.92. The van der Waals surface area contributed by atoms with Crippen molar-refractivity contribution in [1.82, 2.24) is 10.2 Å². The Kier molecular flexibility index (Phi) is 6.30. The van der Waals surface area contributed by atoms with Crippen LogP contribution in [0.4, 0.5) is 0 Å². The van der Waals surface area contributed by atoms with Gasteiger partial charge in [0, 0.05) is 12.1 Å². The summed E-state index contributed by atoms with van der Waals surface area (Å²) < 4.78 is 0. The van der Waals surface area contributed by atoms with Crippen molar-refractivity contribution in [2.75, 3.05) is 20.6 Å². The first-order valence-electron chi connectivity index (χ1n) is 6.72. The van der Waals surface area contributed by atoms with Gasteiger partial charge in [-0.25, -0.2) is 0 Å². The molecule has 1 N–H and O–H groups in total. The second-order valence-electron chi connectivity index (χ2n) is 4.90. The second kappa shape index (κ2) is 7.74. The minimum Gasteiger partial charge on any atom is -0.350 e. The maximum Gasteiger partial charge on any atom is 0.246 e. The van der Waals surface area contributed by atoms with E-state index in [2.05, 4.69) is 22.3 Å². The second-order valence-corrected chi connectivity index (χ2v) is 4.90. The van der Waals surface area contributed by atoms with Crippen molar-refractivity contribution < 1.29 is 4.79 Å². The van der Waals surface area contributed by atoms with Crippen LogP contribution in [0, 0.1) is 0 Å². The molecular formula is C16H24N2O. The average Bonchev–Trinajstić information content (AvgIpc) is 2.39. The molecule has 0 radical (unpaired) electrons. The van der Waals surface area contributed by atoms with Crippen LogP contribution in [-0.4, -0.2) is 31.4 Å². The summed E-state index contributed by atoms with van der Waals surface area (Å²) in [6, 6.07) is 10.4. The van der Waals surface area contributed by atoms with Gasteiger partial charge in [0.1, 0.15) is 0 Å². The fourth-order valence-electron chi connectivity index (χ4n) is 2.00. The Hall–Kier alpha value is -1.61. The van der Waals surface area contributed by atoms with E-state index in [0.717, 1.165) is 12.0 Å². The van der Waals surface area contributed by atoms with E-state index in [4.69, 9.17) is 0 Å². The van der Waals surface area contributed by atoms with Gasteiger partial charge in [-0.2, -0.15) is 0 Å². The number of carbonyl (C=O) groups excluding carboxylic acids is 1. The minimum absolute atomic E-state index is 0.0182. The van der Waals surface area contributed by atoms with Crippen LogP contribution >= 0.6 is 0 Å². The summed E-state index contributed by atoms with van der Waals surface area (Å²) in [7, 11) is 4.05. The highest BCUT2D eigenvalue weighted by atomic mass is 16.1. The fraction of sp³-hybridized carbons (Fsp3) is 0.438. The molecule has 0 fully saturated rings. The van der Waals surface area contributed by atoms with E-state index in [1.807, 2.05) is 52.2 Å². The molecule has 1 rings (SSSR count). The SMILES string of the molecule is CCC=C(C)C(=O)NCC(c1ccccc1)N(C)C. The Morgan fingerprint density at radius 2 is 1.95 bits per heavy atom. The number of nitrogens with one attached hydrogen (secondary N) is 1. The lowest BCUT2D eigenvalue weighted by Gasteiger charge is -2.25. The van der Waals surface area contributed by atoms with Crippen molar-refractivity contribution in [1.29, 1.82) is 0 Å². The summed E-state index contributed by atoms with van der Waals surface area (Å²) in [4.78, 5) is 14.0. The Balaban J connectivity index is 2.67. The van der Waals surface area contributed by atoms with E-state index < -0.39 is 0 Å². The van der Waals surface area contributed by atoms with E-state index >= 15 is 0 Å². The van der Waals surface area contributed by atoms with Crippen molar-refractivity contribution in [2.24, 2.45) is 0 Å². The third-order valence-electron chi connectivity index (χ3n) is 3.13. The van der Waals surface area contributed by atoms with Gasteiger partial charge in [-0.3, -0.25) is 4.79 Å². The summed E-state index contributed by atoms with van der Waals surface area (Å²) in [5.74, 6) is 0.0182. The summed E-state index contributed by atoms with van der Waals surface area (Å²) >= 11 is 0. The van der Waals surface area contributed by atoms with Crippen LogP contribution in [0.5, 0.6) is 0 Å². The summed E-state index contributed by atoms with van der Waals surface area (Å²) in [6.45, 7) is 4.50. The standard InChI is InChI=1S/C16H24N2O/c1-5-9-13(2)16(19)17-12-15(18(3)4)14-10-7-6-8-11-14/h6-11,15H,5,12H2,1-4H3,(H,17,19). The molecule has 0 saturated carbocycles. The van der Waals surface area contributed by atoms with E-state index in [1.54, 1.807) is 0 Å². The van der Waals surface area contributed by atoms with Crippen LogP contribution in [0.15, 0.2) is 42.0 Å².